The zero-order valence-corrected chi connectivity index (χ0v) is 19.8. The van der Waals surface area contributed by atoms with Crippen molar-refractivity contribution in [2.24, 2.45) is 0 Å². The van der Waals surface area contributed by atoms with Gasteiger partial charge < -0.3 is 20.7 Å². The smallest absolute Gasteiger partial charge is 0.407 e. The van der Waals surface area contributed by atoms with E-state index in [9.17, 15) is 27.2 Å². The van der Waals surface area contributed by atoms with Crippen molar-refractivity contribution in [3.05, 3.63) is 71.3 Å². The van der Waals surface area contributed by atoms with Crippen LogP contribution in [0.4, 0.5) is 33.7 Å². The highest BCUT2D eigenvalue weighted by Gasteiger charge is 2.52. The van der Waals surface area contributed by atoms with E-state index in [1.165, 1.54) is 31.7 Å². The summed E-state index contributed by atoms with van der Waals surface area (Å²) >= 11 is 5.68. The molecule has 9 nitrogen and oxygen atoms in total. The zero-order valence-electron chi connectivity index (χ0n) is 19.1. The second kappa shape index (κ2) is 10.2. The summed E-state index contributed by atoms with van der Waals surface area (Å²) in [6, 6.07) is 3.19. The molecule has 4 rings (SSSR count). The van der Waals surface area contributed by atoms with Crippen molar-refractivity contribution in [2.45, 2.75) is 37.5 Å². The van der Waals surface area contributed by atoms with Gasteiger partial charge in [-0.15, -0.1) is 0 Å². The summed E-state index contributed by atoms with van der Waals surface area (Å²) in [7, 11) is 0. The molecule has 14 heteroatoms. The van der Waals surface area contributed by atoms with Gasteiger partial charge in [0.05, 0.1) is 47.3 Å². The molecule has 3 aromatic rings. The van der Waals surface area contributed by atoms with Crippen LogP contribution < -0.4 is 20.7 Å². The van der Waals surface area contributed by atoms with Gasteiger partial charge in [0.2, 0.25) is 5.91 Å². The molecule has 0 saturated heterocycles. The monoisotopic (exact) mass is 538 g/mol. The first-order chi connectivity index (χ1) is 17.5. The average Bonchev–Trinajstić information content (AvgIpc) is 3.60. The molecule has 2 aromatic heterocycles. The second-order valence-electron chi connectivity index (χ2n) is 8.27. The lowest BCUT2D eigenvalue weighted by Gasteiger charge is -2.21. The molecule has 0 spiro atoms. The van der Waals surface area contributed by atoms with E-state index in [2.05, 4.69) is 30.9 Å². The van der Waals surface area contributed by atoms with Crippen LogP contribution in [0.25, 0.3) is 0 Å². The lowest BCUT2D eigenvalue weighted by molar-refractivity contribution is -0.137. The van der Waals surface area contributed by atoms with E-state index in [-0.39, 0.29) is 27.8 Å². The predicted molar refractivity (Wildman–Crippen MR) is 124 cm³/mol. The quantitative estimate of drug-likeness (QED) is 0.365. The van der Waals surface area contributed by atoms with Crippen LogP contribution in [0.2, 0.25) is 5.02 Å². The minimum Gasteiger partial charge on any atom is -0.407 e. The van der Waals surface area contributed by atoms with E-state index in [0.717, 1.165) is 24.4 Å². The molecule has 1 aliphatic carbocycles. The Balaban J connectivity index is 1.41. The summed E-state index contributed by atoms with van der Waals surface area (Å²) in [5.74, 6) is -1.34. The molecule has 0 bridgehead atoms. The topological polar surface area (TPSA) is 118 Å². The summed E-state index contributed by atoms with van der Waals surface area (Å²) in [6.45, 7) is 1.48. The first kappa shape index (κ1) is 26.1. The summed E-state index contributed by atoms with van der Waals surface area (Å²) in [5.41, 5.74) is -2.76. The van der Waals surface area contributed by atoms with E-state index < -0.39 is 41.1 Å². The van der Waals surface area contributed by atoms with Crippen LogP contribution in [-0.4, -0.2) is 32.5 Å². The number of carbonyl (C=O) groups excluding carboxylic acids is 2. The maximum atomic E-state index is 14.8. The Morgan fingerprint density at radius 2 is 1.84 bits per heavy atom. The van der Waals surface area contributed by atoms with Crippen molar-refractivity contribution in [3.8, 4) is 5.75 Å². The standard InChI is InChI=1S/C23H19ClF4N6O3/c1-12(32-20(35)22(4-5-22)34-21(36)37-15-9-29-11-30-10-15)19-17(25)7-14(8-31-19)33-18-3-2-13(24)6-16(18)23(26,27)28/h2-3,6-12,33H,4-5H2,1H3,(H,32,35)(H,34,36)/t12-/m1/s1. The summed E-state index contributed by atoms with van der Waals surface area (Å²) in [6.07, 6.45) is 0.0635. The number of nitrogens with zero attached hydrogens (tertiary/aromatic N) is 3. The van der Waals surface area contributed by atoms with Gasteiger partial charge in [0.1, 0.15) is 17.7 Å². The summed E-state index contributed by atoms with van der Waals surface area (Å²) in [5, 5.41) is 7.47. The van der Waals surface area contributed by atoms with Gasteiger partial charge in [0.25, 0.3) is 0 Å². The Labute approximate surface area is 212 Å². The van der Waals surface area contributed by atoms with E-state index in [1.54, 1.807) is 0 Å². The third kappa shape index (κ3) is 6.23. The van der Waals surface area contributed by atoms with Gasteiger partial charge >= 0.3 is 12.3 Å². The van der Waals surface area contributed by atoms with E-state index >= 15 is 0 Å². The van der Waals surface area contributed by atoms with E-state index in [1.807, 2.05) is 0 Å². The molecule has 1 atom stereocenters. The normalized spacial score (nSPS) is 14.9. The van der Waals surface area contributed by atoms with Crippen molar-refractivity contribution in [2.75, 3.05) is 5.32 Å². The van der Waals surface area contributed by atoms with Crippen LogP contribution in [0.5, 0.6) is 5.75 Å². The number of benzene rings is 1. The molecule has 2 amide bonds. The highest BCUT2D eigenvalue weighted by molar-refractivity contribution is 6.30. The Bertz CT molecular complexity index is 1320. The predicted octanol–water partition coefficient (Wildman–Crippen LogP) is 4.92. The molecule has 0 aliphatic heterocycles. The molecule has 1 aliphatic rings. The van der Waals surface area contributed by atoms with Gasteiger partial charge in [0.15, 0.2) is 5.75 Å². The number of halogens is 5. The number of rotatable bonds is 7. The largest absolute Gasteiger partial charge is 0.418 e. The van der Waals surface area contributed by atoms with Crippen LogP contribution in [0.15, 0.2) is 49.2 Å². The Morgan fingerprint density at radius 1 is 1.14 bits per heavy atom. The summed E-state index contributed by atoms with van der Waals surface area (Å²) < 4.78 is 59.8. The van der Waals surface area contributed by atoms with Crippen molar-refractivity contribution >= 4 is 35.0 Å². The van der Waals surface area contributed by atoms with Gasteiger partial charge in [-0.1, -0.05) is 11.6 Å². The van der Waals surface area contributed by atoms with Crippen LogP contribution in [0.1, 0.15) is 37.1 Å². The van der Waals surface area contributed by atoms with Gasteiger partial charge in [-0.3, -0.25) is 9.78 Å². The number of ether oxygens (including phenoxy) is 1. The van der Waals surface area contributed by atoms with Crippen LogP contribution in [0, 0.1) is 5.82 Å². The third-order valence-corrected chi connectivity index (χ3v) is 5.70. The van der Waals surface area contributed by atoms with Crippen LogP contribution in [-0.2, 0) is 11.0 Å². The van der Waals surface area contributed by atoms with Crippen LogP contribution in [0.3, 0.4) is 0 Å². The Hall–Kier alpha value is -4.00. The molecule has 37 heavy (non-hydrogen) atoms. The number of aromatic nitrogens is 3. The van der Waals surface area contributed by atoms with Gasteiger partial charge in [0, 0.05) is 11.1 Å². The fourth-order valence-electron chi connectivity index (χ4n) is 3.45. The molecule has 1 fully saturated rings. The summed E-state index contributed by atoms with van der Waals surface area (Å²) in [4.78, 5) is 36.3. The van der Waals surface area contributed by atoms with E-state index in [0.29, 0.717) is 12.8 Å². The lowest BCUT2D eigenvalue weighted by Crippen LogP contribution is -2.50. The lowest BCUT2D eigenvalue weighted by atomic mass is 10.1. The van der Waals surface area contributed by atoms with E-state index in [4.69, 9.17) is 16.3 Å². The van der Waals surface area contributed by atoms with Gasteiger partial charge in [-0.05, 0) is 38.0 Å². The first-order valence-corrected chi connectivity index (χ1v) is 11.2. The molecule has 3 N–H and O–H groups in total. The molecule has 194 valence electrons. The number of carbonyl (C=O) groups is 2. The fraction of sp³-hybridized carbons (Fsp3) is 0.261. The highest BCUT2D eigenvalue weighted by Crippen LogP contribution is 2.38. The number of pyridine rings is 1. The average molecular weight is 539 g/mol. The van der Waals surface area contributed by atoms with Crippen molar-refractivity contribution < 1.29 is 31.9 Å². The second-order valence-corrected chi connectivity index (χ2v) is 8.71. The third-order valence-electron chi connectivity index (χ3n) is 5.47. The molecular weight excluding hydrogens is 520 g/mol. The zero-order chi connectivity index (χ0) is 26.8. The van der Waals surface area contributed by atoms with Crippen molar-refractivity contribution in [3.63, 3.8) is 0 Å². The number of hydrogen-bond acceptors (Lipinski definition) is 7. The number of nitrogens with one attached hydrogen (secondary N) is 3. The maximum Gasteiger partial charge on any atom is 0.418 e. The first-order valence-electron chi connectivity index (χ1n) is 10.8. The molecule has 2 heterocycles. The van der Waals surface area contributed by atoms with Crippen molar-refractivity contribution in [1.29, 1.82) is 0 Å². The maximum absolute atomic E-state index is 14.8. The molecule has 1 aromatic carbocycles. The molecule has 1 saturated carbocycles. The number of alkyl halides is 3. The fourth-order valence-corrected chi connectivity index (χ4v) is 3.63. The molecule has 0 radical (unpaired) electrons. The Morgan fingerprint density at radius 3 is 2.46 bits per heavy atom. The van der Waals surface area contributed by atoms with Crippen molar-refractivity contribution in [1.82, 2.24) is 25.6 Å². The molecular formula is C23H19ClF4N6O3. The number of amides is 2. The number of anilines is 2. The number of hydrogen-bond donors (Lipinski definition) is 3. The highest BCUT2D eigenvalue weighted by atomic mass is 35.5. The minimum absolute atomic E-state index is 0.0411. The van der Waals surface area contributed by atoms with Gasteiger partial charge in [-0.2, -0.15) is 13.2 Å². The molecule has 0 unspecified atom stereocenters. The Kier molecular flexibility index (Phi) is 7.16. The minimum atomic E-state index is -4.69. The SMILES string of the molecule is C[C@@H](NC(=O)C1(NC(=O)Oc2cncnc2)CC1)c1ncc(Nc2ccc(Cl)cc2C(F)(F)F)cc1F. The van der Waals surface area contributed by atoms with Crippen LogP contribution >= 0.6 is 11.6 Å². The van der Waals surface area contributed by atoms with Gasteiger partial charge in [-0.25, -0.2) is 19.2 Å².